The molecule has 3 N–H and O–H groups in total. The Kier molecular flexibility index (Phi) is 2.54. The number of benzene rings is 1. The highest BCUT2D eigenvalue weighted by molar-refractivity contribution is 5.60. The summed E-state index contributed by atoms with van der Waals surface area (Å²) in [6, 6.07) is 11.8. The van der Waals surface area contributed by atoms with Crippen LogP contribution in [0, 0.1) is 6.92 Å². The number of hydrogen-bond acceptors (Lipinski definition) is 3. The summed E-state index contributed by atoms with van der Waals surface area (Å²) in [5.41, 5.74) is 8.49. The zero-order chi connectivity index (χ0) is 10.7. The van der Waals surface area contributed by atoms with Crippen molar-refractivity contribution in [2.45, 2.75) is 6.92 Å². The molecule has 3 nitrogen and oxygen atoms in total. The summed E-state index contributed by atoms with van der Waals surface area (Å²) in [5.74, 6) is 0.804. The SMILES string of the molecule is Cc1ccccc1Nc1ccc(N)cn1. The van der Waals surface area contributed by atoms with Crippen LogP contribution in [-0.4, -0.2) is 4.98 Å². The maximum atomic E-state index is 5.56. The van der Waals surface area contributed by atoms with Crippen molar-refractivity contribution in [3.8, 4) is 0 Å². The molecule has 2 aromatic rings. The van der Waals surface area contributed by atoms with Crippen molar-refractivity contribution in [1.82, 2.24) is 4.98 Å². The van der Waals surface area contributed by atoms with Gasteiger partial charge >= 0.3 is 0 Å². The second-order valence-electron chi connectivity index (χ2n) is 3.42. The van der Waals surface area contributed by atoms with Crippen molar-refractivity contribution >= 4 is 17.2 Å². The average molecular weight is 199 g/mol. The van der Waals surface area contributed by atoms with Gasteiger partial charge in [-0.25, -0.2) is 4.98 Å². The standard InChI is InChI=1S/C12H13N3/c1-9-4-2-3-5-11(9)15-12-7-6-10(13)8-14-12/h2-8H,13H2,1H3,(H,14,15). The van der Waals surface area contributed by atoms with Crippen LogP contribution in [0.15, 0.2) is 42.6 Å². The number of para-hydroxylation sites is 1. The molecule has 0 atom stereocenters. The number of nitrogens with zero attached hydrogens (tertiary/aromatic N) is 1. The van der Waals surface area contributed by atoms with Gasteiger partial charge in [-0.1, -0.05) is 18.2 Å². The summed E-state index contributed by atoms with van der Waals surface area (Å²) >= 11 is 0. The highest BCUT2D eigenvalue weighted by Crippen LogP contribution is 2.18. The molecule has 1 heterocycles. The molecule has 3 heteroatoms. The Balaban J connectivity index is 2.22. The quantitative estimate of drug-likeness (QED) is 0.781. The molecule has 1 aromatic heterocycles. The maximum absolute atomic E-state index is 5.56. The van der Waals surface area contributed by atoms with Crippen molar-refractivity contribution in [3.05, 3.63) is 48.2 Å². The van der Waals surface area contributed by atoms with Crippen LogP contribution in [0.3, 0.4) is 0 Å². The van der Waals surface area contributed by atoms with E-state index in [9.17, 15) is 0 Å². The van der Waals surface area contributed by atoms with Crippen LogP contribution < -0.4 is 11.1 Å². The summed E-state index contributed by atoms with van der Waals surface area (Å²) < 4.78 is 0. The average Bonchev–Trinajstić information content (AvgIpc) is 2.25. The molecule has 0 saturated carbocycles. The van der Waals surface area contributed by atoms with Gasteiger partial charge in [-0.3, -0.25) is 0 Å². The molecule has 1 aromatic carbocycles. The lowest BCUT2D eigenvalue weighted by atomic mass is 10.2. The lowest BCUT2D eigenvalue weighted by Gasteiger charge is -2.08. The zero-order valence-corrected chi connectivity index (χ0v) is 8.57. The third-order valence-corrected chi connectivity index (χ3v) is 2.19. The molecule has 15 heavy (non-hydrogen) atoms. The molecule has 0 aliphatic carbocycles. The summed E-state index contributed by atoms with van der Waals surface area (Å²) in [4.78, 5) is 4.18. The van der Waals surface area contributed by atoms with E-state index in [2.05, 4.69) is 23.3 Å². The summed E-state index contributed by atoms with van der Waals surface area (Å²) in [6.45, 7) is 2.06. The second kappa shape index (κ2) is 4.00. The monoisotopic (exact) mass is 199 g/mol. The molecule has 0 aliphatic heterocycles. The van der Waals surface area contributed by atoms with Crippen LogP contribution in [-0.2, 0) is 0 Å². The number of pyridine rings is 1. The Morgan fingerprint density at radius 3 is 2.60 bits per heavy atom. The van der Waals surface area contributed by atoms with Crippen LogP contribution >= 0.6 is 0 Å². The fraction of sp³-hybridized carbons (Fsp3) is 0.0833. The Hall–Kier alpha value is -2.03. The number of hydrogen-bond donors (Lipinski definition) is 2. The third kappa shape index (κ3) is 2.26. The lowest BCUT2D eigenvalue weighted by molar-refractivity contribution is 1.30. The van der Waals surface area contributed by atoms with Gasteiger partial charge < -0.3 is 11.1 Å². The highest BCUT2D eigenvalue weighted by Gasteiger charge is 1.97. The van der Waals surface area contributed by atoms with Gasteiger partial charge in [0.25, 0.3) is 0 Å². The first-order valence-corrected chi connectivity index (χ1v) is 4.80. The molecule has 0 bridgehead atoms. The molecular formula is C12H13N3. The van der Waals surface area contributed by atoms with Gasteiger partial charge in [-0.15, -0.1) is 0 Å². The van der Waals surface area contributed by atoms with Gasteiger partial charge in [-0.05, 0) is 30.7 Å². The summed E-state index contributed by atoms with van der Waals surface area (Å²) in [6.07, 6.45) is 1.64. The summed E-state index contributed by atoms with van der Waals surface area (Å²) in [7, 11) is 0. The van der Waals surface area contributed by atoms with Gasteiger partial charge in [-0.2, -0.15) is 0 Å². The predicted octanol–water partition coefficient (Wildman–Crippen LogP) is 2.72. The summed E-state index contributed by atoms with van der Waals surface area (Å²) in [5, 5.41) is 3.23. The molecule has 0 radical (unpaired) electrons. The van der Waals surface area contributed by atoms with E-state index in [0.717, 1.165) is 11.5 Å². The fourth-order valence-corrected chi connectivity index (χ4v) is 1.33. The Labute approximate surface area is 89.0 Å². The molecule has 2 rings (SSSR count). The van der Waals surface area contributed by atoms with E-state index in [1.54, 1.807) is 6.20 Å². The molecule has 76 valence electrons. The van der Waals surface area contributed by atoms with E-state index < -0.39 is 0 Å². The minimum atomic E-state index is 0.672. The number of aryl methyl sites for hydroxylation is 1. The zero-order valence-electron chi connectivity index (χ0n) is 8.57. The molecule has 0 amide bonds. The van der Waals surface area contributed by atoms with Crippen LogP contribution in [0.25, 0.3) is 0 Å². The Morgan fingerprint density at radius 1 is 1.13 bits per heavy atom. The van der Waals surface area contributed by atoms with E-state index >= 15 is 0 Å². The largest absolute Gasteiger partial charge is 0.397 e. The number of rotatable bonds is 2. The van der Waals surface area contributed by atoms with E-state index in [1.165, 1.54) is 5.56 Å². The molecule has 0 unspecified atom stereocenters. The lowest BCUT2D eigenvalue weighted by Crippen LogP contribution is -1.96. The number of nitrogens with one attached hydrogen (secondary N) is 1. The van der Waals surface area contributed by atoms with E-state index in [0.29, 0.717) is 5.69 Å². The van der Waals surface area contributed by atoms with Crippen LogP contribution in [0.2, 0.25) is 0 Å². The maximum Gasteiger partial charge on any atom is 0.130 e. The molecule has 0 saturated heterocycles. The van der Waals surface area contributed by atoms with Crippen LogP contribution in [0.4, 0.5) is 17.2 Å². The molecule has 0 fully saturated rings. The highest BCUT2D eigenvalue weighted by atomic mass is 15.0. The minimum absolute atomic E-state index is 0.672. The minimum Gasteiger partial charge on any atom is -0.397 e. The van der Waals surface area contributed by atoms with Crippen LogP contribution in [0.5, 0.6) is 0 Å². The second-order valence-corrected chi connectivity index (χ2v) is 3.42. The first kappa shape index (κ1) is 9.52. The topological polar surface area (TPSA) is 50.9 Å². The molecular weight excluding hydrogens is 186 g/mol. The number of nitrogen functional groups attached to an aromatic ring is 1. The third-order valence-electron chi connectivity index (χ3n) is 2.19. The van der Waals surface area contributed by atoms with Gasteiger partial charge in [0, 0.05) is 5.69 Å². The normalized spacial score (nSPS) is 9.93. The van der Waals surface area contributed by atoms with Crippen LogP contribution in [0.1, 0.15) is 5.56 Å². The Bertz CT molecular complexity index is 449. The first-order chi connectivity index (χ1) is 7.25. The van der Waals surface area contributed by atoms with Crippen molar-refractivity contribution < 1.29 is 0 Å². The van der Waals surface area contributed by atoms with Gasteiger partial charge in [0.05, 0.1) is 11.9 Å². The van der Waals surface area contributed by atoms with Crippen molar-refractivity contribution in [2.75, 3.05) is 11.1 Å². The van der Waals surface area contributed by atoms with Gasteiger partial charge in [0.1, 0.15) is 5.82 Å². The van der Waals surface area contributed by atoms with Crippen molar-refractivity contribution in [2.24, 2.45) is 0 Å². The molecule has 0 aliphatic rings. The van der Waals surface area contributed by atoms with E-state index in [4.69, 9.17) is 5.73 Å². The smallest absolute Gasteiger partial charge is 0.130 e. The number of anilines is 3. The number of aromatic nitrogens is 1. The van der Waals surface area contributed by atoms with Gasteiger partial charge in [0.15, 0.2) is 0 Å². The van der Waals surface area contributed by atoms with E-state index in [-0.39, 0.29) is 0 Å². The molecule has 0 spiro atoms. The number of nitrogens with two attached hydrogens (primary N) is 1. The first-order valence-electron chi connectivity index (χ1n) is 4.80. The predicted molar refractivity (Wildman–Crippen MR) is 63.1 cm³/mol. The van der Waals surface area contributed by atoms with Gasteiger partial charge in [0.2, 0.25) is 0 Å². The van der Waals surface area contributed by atoms with Crippen molar-refractivity contribution in [3.63, 3.8) is 0 Å². The fourth-order valence-electron chi connectivity index (χ4n) is 1.33. The Morgan fingerprint density at radius 2 is 1.93 bits per heavy atom. The van der Waals surface area contributed by atoms with Crippen molar-refractivity contribution in [1.29, 1.82) is 0 Å². The van der Waals surface area contributed by atoms with E-state index in [1.807, 2.05) is 30.3 Å².